The molecule has 148 valence electrons. The Kier molecular flexibility index (Phi) is 7.63. The molecule has 0 atom stereocenters. The van der Waals surface area contributed by atoms with E-state index in [9.17, 15) is 0 Å². The number of hydrogen-bond donors (Lipinski definition) is 3. The lowest BCUT2D eigenvalue weighted by molar-refractivity contribution is 0.105. The van der Waals surface area contributed by atoms with Crippen LogP contribution in [0.4, 0.5) is 0 Å². The van der Waals surface area contributed by atoms with Crippen LogP contribution in [0.5, 0.6) is 0 Å². The van der Waals surface area contributed by atoms with Crippen molar-refractivity contribution in [1.29, 1.82) is 0 Å². The first-order valence-corrected chi connectivity index (χ1v) is 9.42. The molecule has 3 rings (SSSR count). The summed E-state index contributed by atoms with van der Waals surface area (Å²) in [4.78, 5) is 8.85. The lowest BCUT2D eigenvalue weighted by Gasteiger charge is -2.11. The Hall–Kier alpha value is -3.13. The van der Waals surface area contributed by atoms with E-state index in [1.54, 1.807) is 6.26 Å². The first-order valence-electron chi connectivity index (χ1n) is 9.42. The van der Waals surface area contributed by atoms with E-state index in [1.807, 2.05) is 31.2 Å². The van der Waals surface area contributed by atoms with Crippen LogP contribution in [-0.4, -0.2) is 40.8 Å². The van der Waals surface area contributed by atoms with E-state index in [0.29, 0.717) is 19.8 Å². The second kappa shape index (κ2) is 10.9. The number of guanidine groups is 1. The summed E-state index contributed by atoms with van der Waals surface area (Å²) in [6.07, 6.45) is 4.04. The molecule has 0 amide bonds. The molecule has 0 unspecified atom stereocenters. The molecule has 0 aliphatic carbocycles. The number of ether oxygens (including phenoxy) is 1. The molecule has 0 saturated carbocycles. The molecule has 2 heterocycles. The van der Waals surface area contributed by atoms with Gasteiger partial charge in [0.15, 0.2) is 11.8 Å². The van der Waals surface area contributed by atoms with Crippen LogP contribution in [-0.2, 0) is 17.9 Å². The number of hydrogen-bond acceptors (Lipinski definition) is 5. The Bertz CT molecular complexity index is 830. The topological polar surface area (TPSA) is 100 Å². The van der Waals surface area contributed by atoms with Gasteiger partial charge in [-0.2, -0.15) is 5.10 Å². The number of aromatic amines is 1. The summed E-state index contributed by atoms with van der Waals surface area (Å²) in [5.74, 6) is 2.39. The Morgan fingerprint density at radius 1 is 1.25 bits per heavy atom. The van der Waals surface area contributed by atoms with Gasteiger partial charge in [0.25, 0.3) is 0 Å². The molecular weight excluding hydrogens is 356 g/mol. The second-order valence-electron chi connectivity index (χ2n) is 6.14. The average molecular weight is 382 g/mol. The van der Waals surface area contributed by atoms with Crippen molar-refractivity contribution in [2.75, 3.05) is 19.7 Å². The Morgan fingerprint density at radius 3 is 3.00 bits per heavy atom. The van der Waals surface area contributed by atoms with Gasteiger partial charge in [0.05, 0.1) is 12.8 Å². The smallest absolute Gasteiger partial charge is 0.191 e. The van der Waals surface area contributed by atoms with Gasteiger partial charge in [-0.1, -0.05) is 18.2 Å². The third kappa shape index (κ3) is 6.24. The van der Waals surface area contributed by atoms with Crippen molar-refractivity contribution < 1.29 is 9.15 Å². The summed E-state index contributed by atoms with van der Waals surface area (Å²) < 4.78 is 10.8. The van der Waals surface area contributed by atoms with E-state index in [1.165, 1.54) is 6.33 Å². The number of nitrogens with one attached hydrogen (secondary N) is 3. The Labute approximate surface area is 164 Å². The highest BCUT2D eigenvalue weighted by atomic mass is 16.5. The fraction of sp³-hybridized carbons (Fsp3) is 0.350. The second-order valence-corrected chi connectivity index (χ2v) is 6.14. The van der Waals surface area contributed by atoms with Crippen molar-refractivity contribution in [3.05, 3.63) is 60.3 Å². The fourth-order valence-electron chi connectivity index (χ4n) is 2.62. The van der Waals surface area contributed by atoms with Gasteiger partial charge in [-0.25, -0.2) is 9.98 Å². The zero-order valence-electron chi connectivity index (χ0n) is 16.0. The van der Waals surface area contributed by atoms with Gasteiger partial charge in [-0.05, 0) is 37.1 Å². The summed E-state index contributed by atoms with van der Waals surface area (Å²) in [7, 11) is 0. The minimum absolute atomic E-state index is 0.503. The van der Waals surface area contributed by atoms with Crippen LogP contribution in [0.15, 0.2) is 58.4 Å². The fourth-order valence-corrected chi connectivity index (χ4v) is 2.62. The minimum Gasteiger partial charge on any atom is -0.467 e. The molecule has 0 radical (unpaired) electrons. The third-order valence-electron chi connectivity index (χ3n) is 3.96. The predicted molar refractivity (Wildman–Crippen MR) is 108 cm³/mol. The standard InChI is InChI=1S/C20H26N6O2/c1-2-21-20(22-9-5-10-27-14-18-8-4-11-28-18)23-13-16-6-3-7-17(12-16)19-24-15-25-26-19/h3-4,6-8,11-12,15H,2,5,9-10,13-14H2,1H3,(H2,21,22,23)(H,24,25,26). The first-order chi connectivity index (χ1) is 13.8. The summed E-state index contributed by atoms with van der Waals surface area (Å²) in [6.45, 7) is 5.37. The van der Waals surface area contributed by atoms with Crippen molar-refractivity contribution in [1.82, 2.24) is 25.8 Å². The van der Waals surface area contributed by atoms with Gasteiger partial charge in [-0.3, -0.25) is 5.10 Å². The number of aromatic nitrogens is 3. The monoisotopic (exact) mass is 382 g/mol. The van der Waals surface area contributed by atoms with Crippen molar-refractivity contribution in [2.24, 2.45) is 4.99 Å². The Morgan fingerprint density at radius 2 is 2.21 bits per heavy atom. The van der Waals surface area contributed by atoms with Gasteiger partial charge in [0.2, 0.25) is 0 Å². The van der Waals surface area contributed by atoms with E-state index in [-0.39, 0.29) is 0 Å². The van der Waals surface area contributed by atoms with E-state index < -0.39 is 0 Å². The predicted octanol–water partition coefficient (Wildman–Crippen LogP) is 2.73. The molecule has 2 aromatic heterocycles. The molecule has 0 aliphatic heterocycles. The van der Waals surface area contributed by atoms with Crippen LogP contribution in [0.25, 0.3) is 11.4 Å². The summed E-state index contributed by atoms with van der Waals surface area (Å²) in [6, 6.07) is 11.9. The molecule has 1 aromatic carbocycles. The molecule has 8 nitrogen and oxygen atoms in total. The largest absolute Gasteiger partial charge is 0.467 e. The molecule has 0 aliphatic rings. The molecule has 8 heteroatoms. The van der Waals surface area contributed by atoms with Crippen molar-refractivity contribution >= 4 is 5.96 Å². The molecule has 0 bridgehead atoms. The van der Waals surface area contributed by atoms with Crippen LogP contribution in [0, 0.1) is 0 Å². The van der Waals surface area contributed by atoms with Gasteiger partial charge >= 0.3 is 0 Å². The zero-order chi connectivity index (χ0) is 19.4. The molecule has 28 heavy (non-hydrogen) atoms. The maximum absolute atomic E-state index is 5.59. The molecule has 0 saturated heterocycles. The average Bonchev–Trinajstić information content (AvgIpc) is 3.43. The lowest BCUT2D eigenvalue weighted by Crippen LogP contribution is -2.38. The summed E-state index contributed by atoms with van der Waals surface area (Å²) in [5.41, 5.74) is 2.10. The van der Waals surface area contributed by atoms with Crippen molar-refractivity contribution in [3.63, 3.8) is 0 Å². The quantitative estimate of drug-likeness (QED) is 0.283. The van der Waals surface area contributed by atoms with Gasteiger partial charge in [0.1, 0.15) is 18.7 Å². The van der Waals surface area contributed by atoms with E-state index in [0.717, 1.165) is 48.2 Å². The number of nitrogens with zero attached hydrogens (tertiary/aromatic N) is 3. The first kappa shape index (κ1) is 19.6. The van der Waals surface area contributed by atoms with Crippen LogP contribution < -0.4 is 10.6 Å². The van der Waals surface area contributed by atoms with Crippen LogP contribution in [0.3, 0.4) is 0 Å². The normalized spacial score (nSPS) is 11.5. The maximum Gasteiger partial charge on any atom is 0.191 e. The SMILES string of the molecule is CCNC(=NCc1cccc(-c2ncn[nH]2)c1)NCCCOCc1ccco1. The highest BCUT2D eigenvalue weighted by Crippen LogP contribution is 2.15. The van der Waals surface area contributed by atoms with Crippen LogP contribution in [0.1, 0.15) is 24.7 Å². The molecule has 0 spiro atoms. The Balaban J connectivity index is 1.44. The molecular formula is C20H26N6O2. The number of rotatable bonds is 10. The van der Waals surface area contributed by atoms with Crippen molar-refractivity contribution in [2.45, 2.75) is 26.5 Å². The van der Waals surface area contributed by atoms with Gasteiger partial charge in [0, 0.05) is 25.3 Å². The van der Waals surface area contributed by atoms with Gasteiger partial charge < -0.3 is 19.8 Å². The molecule has 0 fully saturated rings. The maximum atomic E-state index is 5.59. The van der Waals surface area contributed by atoms with Gasteiger partial charge in [-0.15, -0.1) is 0 Å². The highest BCUT2D eigenvalue weighted by molar-refractivity contribution is 5.79. The third-order valence-corrected chi connectivity index (χ3v) is 3.96. The van der Waals surface area contributed by atoms with Crippen LogP contribution in [0.2, 0.25) is 0 Å². The molecule has 3 aromatic rings. The van der Waals surface area contributed by atoms with E-state index >= 15 is 0 Å². The zero-order valence-corrected chi connectivity index (χ0v) is 16.0. The summed E-state index contributed by atoms with van der Waals surface area (Å²) >= 11 is 0. The van der Waals surface area contributed by atoms with Crippen LogP contribution >= 0.6 is 0 Å². The van der Waals surface area contributed by atoms with E-state index in [4.69, 9.17) is 9.15 Å². The van der Waals surface area contributed by atoms with E-state index in [2.05, 4.69) is 42.9 Å². The number of benzene rings is 1. The highest BCUT2D eigenvalue weighted by Gasteiger charge is 2.03. The number of H-pyrrole nitrogens is 1. The lowest BCUT2D eigenvalue weighted by atomic mass is 10.1. The number of furan rings is 1. The summed E-state index contributed by atoms with van der Waals surface area (Å²) in [5, 5.41) is 13.4. The van der Waals surface area contributed by atoms with Crippen molar-refractivity contribution in [3.8, 4) is 11.4 Å². The number of aliphatic imine (C=N–C) groups is 1. The molecule has 3 N–H and O–H groups in total. The minimum atomic E-state index is 0.503.